The number of aromatic nitrogens is 1. The van der Waals surface area contributed by atoms with E-state index in [0.29, 0.717) is 48.6 Å². The van der Waals surface area contributed by atoms with Crippen LogP contribution in [0.3, 0.4) is 0 Å². The van der Waals surface area contributed by atoms with Crippen molar-refractivity contribution < 1.29 is 23.4 Å². The minimum Gasteiger partial charge on any atom is -0.463 e. The minimum absolute atomic E-state index is 0.0946. The highest BCUT2D eigenvalue weighted by Gasteiger charge is 2.36. The quantitative estimate of drug-likeness (QED) is 0.219. The SMILES string of the molecule is CCOC(=O)C1=C(c2ccccc2)N=c2s/c(=C\c3ccc(-c4ccc(C)c(Cl)c4)o3)c(=O)n2[C@H]1c1ccc2c(c1)OCO2. The van der Waals surface area contributed by atoms with E-state index >= 15 is 0 Å². The fourth-order valence-corrected chi connectivity index (χ4v) is 6.46. The van der Waals surface area contributed by atoms with Crippen LogP contribution in [-0.2, 0) is 9.53 Å². The predicted octanol–water partition coefficient (Wildman–Crippen LogP) is 5.89. The van der Waals surface area contributed by atoms with Crippen LogP contribution < -0.4 is 24.4 Å². The fraction of sp³-hybridized carbons (Fsp3) is 0.147. The van der Waals surface area contributed by atoms with Crippen LogP contribution in [0.1, 0.15) is 35.4 Å². The number of hydrogen-bond donors (Lipinski definition) is 0. The number of thiazole rings is 1. The number of aryl methyl sites for hydroxylation is 1. The Morgan fingerprint density at radius 1 is 1.05 bits per heavy atom. The van der Waals surface area contributed by atoms with Crippen molar-refractivity contribution >= 4 is 40.7 Å². The summed E-state index contributed by atoms with van der Waals surface area (Å²) in [5.74, 6) is 1.69. The van der Waals surface area contributed by atoms with Gasteiger partial charge < -0.3 is 18.6 Å². The maximum Gasteiger partial charge on any atom is 0.338 e. The monoisotopic (exact) mass is 624 g/mol. The number of halogens is 1. The second-order valence-electron chi connectivity index (χ2n) is 10.2. The average Bonchev–Trinajstić information content (AvgIpc) is 3.77. The molecular formula is C34H25ClN2O6S. The number of hydrogen-bond acceptors (Lipinski definition) is 8. The molecule has 0 spiro atoms. The first-order valence-electron chi connectivity index (χ1n) is 14.0. The molecule has 0 aliphatic carbocycles. The smallest absolute Gasteiger partial charge is 0.338 e. The van der Waals surface area contributed by atoms with Crippen LogP contribution >= 0.6 is 22.9 Å². The molecule has 8 nitrogen and oxygen atoms in total. The van der Waals surface area contributed by atoms with E-state index in [-0.39, 0.29) is 24.5 Å². The molecule has 2 aliphatic heterocycles. The normalized spacial score (nSPS) is 15.7. The summed E-state index contributed by atoms with van der Waals surface area (Å²) in [4.78, 5) is 33.1. The molecule has 0 radical (unpaired) electrons. The van der Waals surface area contributed by atoms with Crippen molar-refractivity contribution in [3.63, 3.8) is 0 Å². The van der Waals surface area contributed by atoms with Crippen LogP contribution in [0.2, 0.25) is 5.02 Å². The Morgan fingerprint density at radius 3 is 2.66 bits per heavy atom. The zero-order valence-corrected chi connectivity index (χ0v) is 25.3. The lowest BCUT2D eigenvalue weighted by molar-refractivity contribution is -0.138. The summed E-state index contributed by atoms with van der Waals surface area (Å²) in [6.07, 6.45) is 1.69. The Balaban J connectivity index is 1.42. The van der Waals surface area contributed by atoms with Crippen molar-refractivity contribution in [2.24, 2.45) is 4.99 Å². The molecule has 0 N–H and O–H groups in total. The minimum atomic E-state index is -0.834. The Bertz CT molecular complexity index is 2140. The third-order valence-electron chi connectivity index (χ3n) is 7.44. The van der Waals surface area contributed by atoms with E-state index in [9.17, 15) is 9.59 Å². The molecule has 2 aliphatic rings. The molecule has 2 aromatic heterocycles. The lowest BCUT2D eigenvalue weighted by Gasteiger charge is -2.26. The van der Waals surface area contributed by atoms with E-state index in [1.54, 1.807) is 31.2 Å². The number of furan rings is 1. The number of carbonyl (C=O) groups is 1. The third kappa shape index (κ3) is 4.94. The van der Waals surface area contributed by atoms with E-state index in [1.807, 2.05) is 67.6 Å². The summed E-state index contributed by atoms with van der Waals surface area (Å²) in [6.45, 7) is 3.94. The Hall–Kier alpha value is -4.86. The van der Waals surface area contributed by atoms with Crippen molar-refractivity contribution in [2.75, 3.05) is 13.4 Å². The molecule has 3 aromatic carbocycles. The molecule has 44 heavy (non-hydrogen) atoms. The van der Waals surface area contributed by atoms with Gasteiger partial charge in [0.2, 0.25) is 6.79 Å². The van der Waals surface area contributed by atoms with Crippen molar-refractivity contribution in [3.8, 4) is 22.8 Å². The van der Waals surface area contributed by atoms with Gasteiger partial charge in [-0.3, -0.25) is 9.36 Å². The summed E-state index contributed by atoms with van der Waals surface area (Å²) in [6, 6.07) is 23.3. The van der Waals surface area contributed by atoms with E-state index in [2.05, 4.69) is 0 Å². The number of esters is 1. The third-order valence-corrected chi connectivity index (χ3v) is 8.83. The topological polar surface area (TPSA) is 92.3 Å². The van der Waals surface area contributed by atoms with E-state index < -0.39 is 12.0 Å². The summed E-state index contributed by atoms with van der Waals surface area (Å²) in [7, 11) is 0. The number of nitrogens with zero attached hydrogens (tertiary/aromatic N) is 2. The number of rotatable bonds is 6. The highest BCUT2D eigenvalue weighted by molar-refractivity contribution is 7.07. The lowest BCUT2D eigenvalue weighted by Crippen LogP contribution is -2.40. The Labute approximate surface area is 260 Å². The van der Waals surface area contributed by atoms with Crippen LogP contribution in [0.5, 0.6) is 11.5 Å². The zero-order valence-electron chi connectivity index (χ0n) is 23.7. The van der Waals surface area contributed by atoms with E-state index in [0.717, 1.165) is 16.7 Å². The van der Waals surface area contributed by atoms with Crippen molar-refractivity contribution in [3.05, 3.63) is 132 Å². The molecule has 0 bridgehead atoms. The second-order valence-corrected chi connectivity index (χ2v) is 11.6. The van der Waals surface area contributed by atoms with Crippen molar-refractivity contribution in [2.45, 2.75) is 19.9 Å². The number of fused-ring (bicyclic) bond motifs is 2. The maximum absolute atomic E-state index is 14.2. The molecule has 5 aromatic rings. The van der Waals surface area contributed by atoms with Crippen LogP contribution in [0.25, 0.3) is 23.1 Å². The molecule has 0 amide bonds. The number of carbonyl (C=O) groups excluding carboxylic acids is 1. The maximum atomic E-state index is 14.2. The molecule has 0 fully saturated rings. The zero-order chi connectivity index (χ0) is 30.4. The highest BCUT2D eigenvalue weighted by Crippen LogP contribution is 2.40. The lowest BCUT2D eigenvalue weighted by atomic mass is 9.93. The summed E-state index contributed by atoms with van der Waals surface area (Å²) in [5, 5.41) is 0.643. The largest absolute Gasteiger partial charge is 0.463 e. The molecule has 0 unspecified atom stereocenters. The second kappa shape index (κ2) is 11.3. The van der Waals surface area contributed by atoms with E-state index in [4.69, 9.17) is 35.2 Å². The molecule has 0 saturated carbocycles. The van der Waals surface area contributed by atoms with Gasteiger partial charge in [-0.25, -0.2) is 9.79 Å². The Kier molecular flexibility index (Phi) is 7.20. The molecule has 10 heteroatoms. The average molecular weight is 625 g/mol. The first-order chi connectivity index (χ1) is 21.4. The van der Waals surface area contributed by atoms with Crippen LogP contribution in [0.4, 0.5) is 0 Å². The fourth-order valence-electron chi connectivity index (χ4n) is 5.30. The van der Waals surface area contributed by atoms with E-state index in [1.165, 1.54) is 15.9 Å². The molecule has 0 saturated heterocycles. The predicted molar refractivity (Wildman–Crippen MR) is 168 cm³/mol. The van der Waals surface area contributed by atoms with Crippen LogP contribution in [-0.4, -0.2) is 23.9 Å². The van der Waals surface area contributed by atoms with Crippen LogP contribution in [0, 0.1) is 6.92 Å². The molecule has 7 rings (SSSR count). The molecule has 4 heterocycles. The van der Waals surface area contributed by atoms with Gasteiger partial charge in [0.05, 0.1) is 28.5 Å². The van der Waals surface area contributed by atoms with Gasteiger partial charge in [-0.05, 0) is 55.3 Å². The summed E-state index contributed by atoms with van der Waals surface area (Å²) in [5.41, 5.74) is 3.56. The Morgan fingerprint density at radius 2 is 1.86 bits per heavy atom. The van der Waals surface area contributed by atoms with Crippen LogP contribution in [0.15, 0.2) is 98.6 Å². The van der Waals surface area contributed by atoms with Gasteiger partial charge in [0.25, 0.3) is 5.56 Å². The number of benzene rings is 3. The summed E-state index contributed by atoms with van der Waals surface area (Å²) < 4.78 is 24.7. The van der Waals surface area contributed by atoms with Gasteiger partial charge in [-0.1, -0.05) is 71.5 Å². The molecular weight excluding hydrogens is 600 g/mol. The van der Waals surface area contributed by atoms with Gasteiger partial charge >= 0.3 is 5.97 Å². The highest BCUT2D eigenvalue weighted by atomic mass is 35.5. The van der Waals surface area contributed by atoms with Gasteiger partial charge in [-0.2, -0.15) is 0 Å². The first kappa shape index (κ1) is 27.9. The molecule has 1 atom stereocenters. The van der Waals surface area contributed by atoms with Crippen molar-refractivity contribution in [1.29, 1.82) is 0 Å². The van der Waals surface area contributed by atoms with Gasteiger partial charge in [0.15, 0.2) is 16.3 Å². The first-order valence-corrected chi connectivity index (χ1v) is 15.1. The van der Waals surface area contributed by atoms with Gasteiger partial charge in [0.1, 0.15) is 11.5 Å². The summed E-state index contributed by atoms with van der Waals surface area (Å²) >= 11 is 7.55. The molecule has 220 valence electrons. The van der Waals surface area contributed by atoms with Gasteiger partial charge in [-0.15, -0.1) is 0 Å². The van der Waals surface area contributed by atoms with Gasteiger partial charge in [0, 0.05) is 22.2 Å². The number of ether oxygens (including phenoxy) is 3. The van der Waals surface area contributed by atoms with Crippen molar-refractivity contribution in [1.82, 2.24) is 4.57 Å². The standard InChI is InChI=1S/C34H25ClN2O6S/c1-3-40-33(39)29-30(20-7-5-4-6-8-20)36-34-37(31(29)22-11-13-26-27(16-22)42-18-41-26)32(38)28(44-34)17-23-12-14-25(43-23)21-10-9-19(2)24(35)15-21/h4-17,31H,3,18H2,1-2H3/b28-17-/t31-/m0/s1.